The van der Waals surface area contributed by atoms with Gasteiger partial charge in [-0.3, -0.25) is 4.98 Å². The lowest BCUT2D eigenvalue weighted by Crippen LogP contribution is -2.38. The predicted molar refractivity (Wildman–Crippen MR) is 76.2 cm³/mol. The molecule has 2 aromatic rings. The predicted octanol–water partition coefficient (Wildman–Crippen LogP) is 1.60. The van der Waals surface area contributed by atoms with Crippen molar-refractivity contribution in [2.75, 3.05) is 6.61 Å². The van der Waals surface area contributed by atoms with Crippen LogP contribution in [0.15, 0.2) is 30.6 Å². The van der Waals surface area contributed by atoms with E-state index in [4.69, 9.17) is 10.2 Å². The first-order chi connectivity index (χ1) is 10.8. The topological polar surface area (TPSA) is 104 Å². The van der Waals surface area contributed by atoms with Crippen LogP contribution in [0.1, 0.15) is 21.6 Å². The Balaban J connectivity index is 2.58. The van der Waals surface area contributed by atoms with Crippen LogP contribution in [0, 0.1) is 6.92 Å². The van der Waals surface area contributed by atoms with Crippen LogP contribution in [-0.2, 0) is 5.60 Å². The molecule has 0 aliphatic carbocycles. The van der Waals surface area contributed by atoms with Gasteiger partial charge in [0.15, 0.2) is 11.3 Å². The molecular formula is C15H14F2N2O4. The number of aromatic nitrogens is 2. The third-order valence-corrected chi connectivity index (χ3v) is 3.47. The summed E-state index contributed by atoms with van der Waals surface area (Å²) in [6, 6.07) is 3.99. The lowest BCUT2D eigenvalue weighted by atomic mass is 9.91. The Labute approximate surface area is 130 Å². The van der Waals surface area contributed by atoms with E-state index in [2.05, 4.69) is 9.97 Å². The Morgan fingerprint density at radius 1 is 1.35 bits per heavy atom. The van der Waals surface area contributed by atoms with Crippen molar-refractivity contribution in [2.24, 2.45) is 0 Å². The number of aromatic carboxylic acids is 1. The van der Waals surface area contributed by atoms with E-state index in [1.807, 2.05) is 0 Å². The quantitative estimate of drug-likeness (QED) is 0.772. The number of alkyl halides is 2. The number of benzene rings is 1. The Bertz CT molecular complexity index is 739. The summed E-state index contributed by atoms with van der Waals surface area (Å²) in [6.07, 6.45) is -0.841. The number of carboxylic acid groups (broad SMARTS) is 1. The average Bonchev–Trinajstić information content (AvgIpc) is 2.54. The first-order valence-corrected chi connectivity index (χ1v) is 6.58. The summed E-state index contributed by atoms with van der Waals surface area (Å²) in [5.74, 6) is -1.27. The molecule has 1 atom stereocenters. The first kappa shape index (κ1) is 16.9. The molecule has 6 nitrogen and oxygen atoms in total. The molecule has 8 heteroatoms. The van der Waals surface area contributed by atoms with Crippen molar-refractivity contribution in [1.29, 1.82) is 0 Å². The van der Waals surface area contributed by atoms with Crippen molar-refractivity contribution in [1.82, 2.24) is 9.97 Å². The highest BCUT2D eigenvalue weighted by Gasteiger charge is 2.39. The van der Waals surface area contributed by atoms with Crippen LogP contribution in [0.25, 0.3) is 11.3 Å². The van der Waals surface area contributed by atoms with Gasteiger partial charge in [0.05, 0.1) is 24.7 Å². The maximum atomic E-state index is 13.1. The highest BCUT2D eigenvalue weighted by atomic mass is 19.3. The minimum atomic E-state index is -3.19. The SMILES string of the molecule is Cc1ccc(C(O)(CO)C(F)F)cc1-c1cncc(C(=O)O)n1. The van der Waals surface area contributed by atoms with Gasteiger partial charge in [0.2, 0.25) is 0 Å². The molecule has 0 spiro atoms. The number of aliphatic hydroxyl groups excluding tert-OH is 1. The molecule has 0 aliphatic rings. The normalized spacial score (nSPS) is 13.8. The Morgan fingerprint density at radius 2 is 2.04 bits per heavy atom. The Kier molecular flexibility index (Phi) is 4.67. The van der Waals surface area contributed by atoms with Gasteiger partial charge >= 0.3 is 5.97 Å². The van der Waals surface area contributed by atoms with Crippen LogP contribution in [0.3, 0.4) is 0 Å². The zero-order chi connectivity index (χ0) is 17.2. The molecule has 1 unspecified atom stereocenters. The van der Waals surface area contributed by atoms with Crippen molar-refractivity contribution < 1.29 is 28.9 Å². The van der Waals surface area contributed by atoms with E-state index in [1.165, 1.54) is 24.4 Å². The fourth-order valence-electron chi connectivity index (χ4n) is 2.05. The molecule has 3 N–H and O–H groups in total. The van der Waals surface area contributed by atoms with E-state index in [0.717, 1.165) is 6.20 Å². The van der Waals surface area contributed by atoms with E-state index in [-0.39, 0.29) is 17.0 Å². The maximum absolute atomic E-state index is 13.1. The average molecular weight is 324 g/mol. The Morgan fingerprint density at radius 3 is 2.61 bits per heavy atom. The van der Waals surface area contributed by atoms with Gasteiger partial charge in [-0.2, -0.15) is 0 Å². The minimum Gasteiger partial charge on any atom is -0.476 e. The smallest absolute Gasteiger partial charge is 0.356 e. The van der Waals surface area contributed by atoms with Crippen molar-refractivity contribution in [3.63, 3.8) is 0 Å². The fourth-order valence-corrected chi connectivity index (χ4v) is 2.05. The third-order valence-electron chi connectivity index (χ3n) is 3.47. The highest BCUT2D eigenvalue weighted by molar-refractivity contribution is 5.85. The van der Waals surface area contributed by atoms with Gasteiger partial charge in [0.1, 0.15) is 0 Å². The second-order valence-corrected chi connectivity index (χ2v) is 5.01. The number of carbonyl (C=O) groups is 1. The highest BCUT2D eigenvalue weighted by Crippen LogP contribution is 2.32. The van der Waals surface area contributed by atoms with Crippen molar-refractivity contribution >= 4 is 5.97 Å². The summed E-state index contributed by atoms with van der Waals surface area (Å²) in [5, 5.41) is 28.0. The number of hydrogen-bond acceptors (Lipinski definition) is 5. The standard InChI is InChI=1S/C15H14F2N2O4/c1-8-2-3-9(15(23,7-20)14(16)17)4-10(8)11-5-18-6-12(19-11)13(21)22/h2-6,14,20,23H,7H2,1H3,(H,21,22). The second kappa shape index (κ2) is 6.35. The number of halogens is 2. The maximum Gasteiger partial charge on any atom is 0.356 e. The molecule has 0 saturated heterocycles. The molecule has 122 valence electrons. The van der Waals surface area contributed by atoms with Crippen LogP contribution >= 0.6 is 0 Å². The molecule has 0 saturated carbocycles. The van der Waals surface area contributed by atoms with Crippen LogP contribution in [0.5, 0.6) is 0 Å². The monoisotopic (exact) mass is 324 g/mol. The lowest BCUT2D eigenvalue weighted by molar-refractivity contribution is -0.129. The summed E-state index contributed by atoms with van der Waals surface area (Å²) >= 11 is 0. The molecule has 0 radical (unpaired) electrons. The second-order valence-electron chi connectivity index (χ2n) is 5.01. The van der Waals surface area contributed by atoms with Crippen LogP contribution in [0.2, 0.25) is 0 Å². The van der Waals surface area contributed by atoms with E-state index in [1.54, 1.807) is 6.92 Å². The fraction of sp³-hybridized carbons (Fsp3) is 0.267. The molecule has 1 aromatic carbocycles. The number of rotatable bonds is 5. The van der Waals surface area contributed by atoms with Gasteiger partial charge in [-0.1, -0.05) is 12.1 Å². The summed E-state index contributed by atoms with van der Waals surface area (Å²) in [4.78, 5) is 18.6. The molecule has 1 aromatic heterocycles. The lowest BCUT2D eigenvalue weighted by Gasteiger charge is -2.26. The van der Waals surface area contributed by atoms with Crippen molar-refractivity contribution in [3.8, 4) is 11.3 Å². The molecule has 0 fully saturated rings. The Hall–Kier alpha value is -2.45. The third kappa shape index (κ3) is 3.17. The van der Waals surface area contributed by atoms with Gasteiger partial charge in [-0.15, -0.1) is 0 Å². The molecule has 2 rings (SSSR count). The summed E-state index contributed by atoms with van der Waals surface area (Å²) in [6.45, 7) is 0.516. The van der Waals surface area contributed by atoms with Crippen molar-refractivity contribution in [2.45, 2.75) is 19.0 Å². The van der Waals surface area contributed by atoms with Crippen LogP contribution < -0.4 is 0 Å². The zero-order valence-electron chi connectivity index (χ0n) is 12.1. The molecule has 1 heterocycles. The molecule has 23 heavy (non-hydrogen) atoms. The van der Waals surface area contributed by atoms with E-state index in [0.29, 0.717) is 11.1 Å². The van der Waals surface area contributed by atoms with Gasteiger partial charge in [-0.25, -0.2) is 18.6 Å². The number of aryl methyl sites for hydroxylation is 1. The number of aliphatic hydroxyl groups is 2. The number of nitrogens with zero attached hydrogens (tertiary/aromatic N) is 2. The van der Waals surface area contributed by atoms with Gasteiger partial charge in [0.25, 0.3) is 6.43 Å². The number of hydrogen-bond donors (Lipinski definition) is 3. The summed E-state index contributed by atoms with van der Waals surface area (Å²) < 4.78 is 26.1. The minimum absolute atomic E-state index is 0.166. The van der Waals surface area contributed by atoms with Gasteiger partial charge in [-0.05, 0) is 24.1 Å². The van der Waals surface area contributed by atoms with Gasteiger partial charge < -0.3 is 15.3 Å². The molecule has 0 bridgehead atoms. The summed E-state index contributed by atoms with van der Waals surface area (Å²) in [5.41, 5.74) is -2.07. The molecular weight excluding hydrogens is 310 g/mol. The molecule has 0 aliphatic heterocycles. The van der Waals surface area contributed by atoms with Crippen molar-refractivity contribution in [3.05, 3.63) is 47.4 Å². The zero-order valence-corrected chi connectivity index (χ0v) is 12.1. The molecule has 0 amide bonds. The summed E-state index contributed by atoms with van der Waals surface area (Å²) in [7, 11) is 0. The largest absolute Gasteiger partial charge is 0.476 e. The first-order valence-electron chi connectivity index (χ1n) is 6.58. The number of carboxylic acids is 1. The van der Waals surface area contributed by atoms with Gasteiger partial charge in [0, 0.05) is 5.56 Å². The van der Waals surface area contributed by atoms with E-state index < -0.39 is 24.6 Å². The van der Waals surface area contributed by atoms with E-state index >= 15 is 0 Å². The van der Waals surface area contributed by atoms with Crippen LogP contribution in [0.4, 0.5) is 8.78 Å². The van der Waals surface area contributed by atoms with E-state index in [9.17, 15) is 18.7 Å². The van der Waals surface area contributed by atoms with Crippen LogP contribution in [-0.4, -0.2) is 44.3 Å².